The van der Waals surface area contributed by atoms with Crippen LogP contribution in [0.1, 0.15) is 38.2 Å². The molecule has 0 aliphatic carbocycles. The van der Waals surface area contributed by atoms with Crippen LogP contribution < -0.4 is 5.32 Å². The summed E-state index contributed by atoms with van der Waals surface area (Å²) in [5.41, 5.74) is 0.582. The molecule has 2 atom stereocenters. The number of nitrogens with zero attached hydrogens (tertiary/aromatic N) is 4. The van der Waals surface area contributed by atoms with E-state index in [1.165, 1.54) is 12.8 Å². The fraction of sp³-hybridized carbons (Fsp3) is 0.632. The van der Waals surface area contributed by atoms with E-state index in [-0.39, 0.29) is 0 Å². The Balaban J connectivity index is 1.55. The van der Waals surface area contributed by atoms with Gasteiger partial charge < -0.3 is 10.2 Å². The van der Waals surface area contributed by atoms with Gasteiger partial charge in [-0.05, 0) is 30.9 Å². The number of rotatable bonds is 7. The second-order valence-corrected chi connectivity index (χ2v) is 7.09. The Bertz CT molecular complexity index is 624. The Labute approximate surface area is 149 Å². The summed E-state index contributed by atoms with van der Waals surface area (Å²) in [5.74, 6) is 1.74. The molecular weight excluding hydrogens is 314 g/mol. The summed E-state index contributed by atoms with van der Waals surface area (Å²) in [6.07, 6.45) is 5.69. The van der Waals surface area contributed by atoms with Crippen molar-refractivity contribution in [3.63, 3.8) is 0 Å². The second-order valence-electron chi connectivity index (χ2n) is 7.09. The third-order valence-corrected chi connectivity index (χ3v) is 5.26. The van der Waals surface area contributed by atoms with E-state index in [0.29, 0.717) is 29.9 Å². The summed E-state index contributed by atoms with van der Waals surface area (Å²) in [6.45, 7) is 6.99. The molecule has 0 spiro atoms. The second kappa shape index (κ2) is 8.30. The lowest BCUT2D eigenvalue weighted by molar-refractivity contribution is -0.127. The zero-order valence-corrected chi connectivity index (χ0v) is 14.9. The van der Waals surface area contributed by atoms with Crippen LogP contribution >= 0.6 is 0 Å². The number of nitrogens with one attached hydrogen (secondary N) is 1. The molecule has 2 aliphatic rings. The largest absolute Gasteiger partial charge is 0.366 e. The number of likely N-dealkylation sites (tertiary alicyclic amines) is 2. The molecule has 0 bridgehead atoms. The topological polar surface area (TPSA) is 72.3 Å². The lowest BCUT2D eigenvalue weighted by atomic mass is 9.98. The normalized spacial score (nSPS) is 23.8. The van der Waals surface area contributed by atoms with E-state index in [1.54, 1.807) is 12.3 Å². The Morgan fingerprint density at radius 2 is 2.24 bits per heavy atom. The molecule has 1 aromatic heterocycles. The quantitative estimate of drug-likeness (QED) is 0.822. The Kier molecular flexibility index (Phi) is 5.87. The number of aromatic nitrogens is 1. The van der Waals surface area contributed by atoms with Gasteiger partial charge in [0, 0.05) is 51.4 Å². The van der Waals surface area contributed by atoms with E-state index in [2.05, 4.69) is 28.2 Å². The molecule has 3 rings (SSSR count). The van der Waals surface area contributed by atoms with Crippen LogP contribution in [0.15, 0.2) is 18.3 Å². The maximum absolute atomic E-state index is 11.8. The van der Waals surface area contributed by atoms with Gasteiger partial charge in [0.25, 0.3) is 0 Å². The third-order valence-electron chi connectivity index (χ3n) is 5.26. The average molecular weight is 341 g/mol. The number of amides is 1. The van der Waals surface area contributed by atoms with Crippen molar-refractivity contribution in [2.24, 2.45) is 5.92 Å². The predicted octanol–water partition coefficient (Wildman–Crippen LogP) is 2.09. The van der Waals surface area contributed by atoms with Gasteiger partial charge in [0.15, 0.2) is 0 Å². The SMILES string of the molecule is CCC[C@H]1CN(CCN2CCCC2=O)C[C@@H]1Nc1ccc(C#N)cn1. The zero-order chi connectivity index (χ0) is 17.6. The monoisotopic (exact) mass is 341 g/mol. The Morgan fingerprint density at radius 1 is 1.36 bits per heavy atom. The average Bonchev–Trinajstić information content (AvgIpc) is 3.20. The summed E-state index contributed by atoms with van der Waals surface area (Å²) in [5, 5.41) is 12.4. The number of nitriles is 1. The van der Waals surface area contributed by atoms with Crippen molar-refractivity contribution in [3.8, 4) is 6.07 Å². The van der Waals surface area contributed by atoms with Crippen LogP contribution in [-0.2, 0) is 4.79 Å². The first-order valence-electron chi connectivity index (χ1n) is 9.32. The number of carbonyl (C=O) groups excluding carboxylic acids is 1. The van der Waals surface area contributed by atoms with Crippen LogP contribution in [0.4, 0.5) is 5.82 Å². The molecule has 1 amide bonds. The number of anilines is 1. The first-order chi connectivity index (χ1) is 12.2. The van der Waals surface area contributed by atoms with Gasteiger partial charge in [0.05, 0.1) is 5.56 Å². The fourth-order valence-corrected chi connectivity index (χ4v) is 3.91. The number of hydrogen-bond acceptors (Lipinski definition) is 5. The number of hydrogen-bond donors (Lipinski definition) is 1. The molecule has 0 saturated carbocycles. The van der Waals surface area contributed by atoms with Gasteiger partial charge in [-0.1, -0.05) is 13.3 Å². The van der Waals surface area contributed by atoms with Crippen molar-refractivity contribution in [2.75, 3.05) is 38.0 Å². The van der Waals surface area contributed by atoms with Gasteiger partial charge in [-0.3, -0.25) is 9.69 Å². The van der Waals surface area contributed by atoms with E-state index in [9.17, 15) is 4.79 Å². The van der Waals surface area contributed by atoms with Crippen molar-refractivity contribution in [3.05, 3.63) is 23.9 Å². The van der Waals surface area contributed by atoms with E-state index >= 15 is 0 Å². The van der Waals surface area contributed by atoms with Crippen LogP contribution in [0.5, 0.6) is 0 Å². The molecular formula is C19H27N5O. The predicted molar refractivity (Wildman–Crippen MR) is 97.0 cm³/mol. The molecule has 0 unspecified atom stereocenters. The number of pyridine rings is 1. The molecule has 2 fully saturated rings. The van der Waals surface area contributed by atoms with Crippen LogP contribution in [0.25, 0.3) is 0 Å². The highest BCUT2D eigenvalue weighted by atomic mass is 16.2. The Morgan fingerprint density at radius 3 is 2.88 bits per heavy atom. The van der Waals surface area contributed by atoms with Gasteiger partial charge in [-0.25, -0.2) is 4.98 Å². The summed E-state index contributed by atoms with van der Waals surface area (Å²) >= 11 is 0. The fourth-order valence-electron chi connectivity index (χ4n) is 3.91. The van der Waals surface area contributed by atoms with Crippen molar-refractivity contribution in [1.29, 1.82) is 5.26 Å². The van der Waals surface area contributed by atoms with Gasteiger partial charge >= 0.3 is 0 Å². The van der Waals surface area contributed by atoms with E-state index < -0.39 is 0 Å². The highest BCUT2D eigenvalue weighted by Crippen LogP contribution is 2.24. The molecule has 6 nitrogen and oxygen atoms in total. The smallest absolute Gasteiger partial charge is 0.222 e. The third kappa shape index (κ3) is 4.49. The molecule has 2 saturated heterocycles. The summed E-state index contributed by atoms with van der Waals surface area (Å²) < 4.78 is 0. The highest BCUT2D eigenvalue weighted by molar-refractivity contribution is 5.78. The van der Waals surface area contributed by atoms with Gasteiger partial charge in [0.2, 0.25) is 5.91 Å². The zero-order valence-electron chi connectivity index (χ0n) is 14.9. The molecule has 1 N–H and O–H groups in total. The van der Waals surface area contributed by atoms with Crippen LogP contribution in [0, 0.1) is 17.2 Å². The summed E-state index contributed by atoms with van der Waals surface area (Å²) in [7, 11) is 0. The van der Waals surface area contributed by atoms with Crippen molar-refractivity contribution in [1.82, 2.24) is 14.8 Å². The lowest BCUT2D eigenvalue weighted by Crippen LogP contribution is -2.35. The molecule has 2 aliphatic heterocycles. The minimum Gasteiger partial charge on any atom is -0.366 e. The molecule has 1 aromatic rings. The standard InChI is InChI=1S/C19H27N5O/c1-2-4-16-13-23(9-10-24-8-3-5-19(24)25)14-17(16)22-18-7-6-15(11-20)12-21-18/h6-7,12,16-17H,2-5,8-10,13-14H2,1H3,(H,21,22)/t16-,17-/m0/s1. The molecule has 0 aromatic carbocycles. The lowest BCUT2D eigenvalue weighted by Gasteiger charge is -2.21. The van der Waals surface area contributed by atoms with Crippen molar-refractivity contribution < 1.29 is 4.79 Å². The molecule has 25 heavy (non-hydrogen) atoms. The molecule has 0 radical (unpaired) electrons. The summed E-state index contributed by atoms with van der Waals surface area (Å²) in [6, 6.07) is 6.15. The maximum Gasteiger partial charge on any atom is 0.222 e. The van der Waals surface area contributed by atoms with Crippen molar-refractivity contribution in [2.45, 2.75) is 38.6 Å². The van der Waals surface area contributed by atoms with Gasteiger partial charge in [0.1, 0.15) is 11.9 Å². The molecule has 134 valence electrons. The van der Waals surface area contributed by atoms with E-state index in [4.69, 9.17) is 5.26 Å². The van der Waals surface area contributed by atoms with E-state index in [1.807, 2.05) is 11.0 Å². The number of carbonyl (C=O) groups is 1. The first-order valence-corrected chi connectivity index (χ1v) is 9.32. The minimum absolute atomic E-state index is 0.306. The first kappa shape index (κ1) is 17.7. The maximum atomic E-state index is 11.8. The van der Waals surface area contributed by atoms with Gasteiger partial charge in [-0.15, -0.1) is 0 Å². The van der Waals surface area contributed by atoms with Crippen LogP contribution in [0.3, 0.4) is 0 Å². The highest BCUT2D eigenvalue weighted by Gasteiger charge is 2.32. The van der Waals surface area contributed by atoms with Crippen LogP contribution in [0.2, 0.25) is 0 Å². The van der Waals surface area contributed by atoms with Crippen molar-refractivity contribution >= 4 is 11.7 Å². The molecule has 6 heteroatoms. The van der Waals surface area contributed by atoms with Gasteiger partial charge in [-0.2, -0.15) is 5.26 Å². The Hall–Kier alpha value is -2.13. The minimum atomic E-state index is 0.306. The van der Waals surface area contributed by atoms with E-state index in [0.717, 1.165) is 45.0 Å². The summed E-state index contributed by atoms with van der Waals surface area (Å²) in [4.78, 5) is 20.6. The van der Waals surface area contributed by atoms with Crippen LogP contribution in [-0.4, -0.2) is 59.5 Å². The molecule has 3 heterocycles.